The number of hydrogen-bond donors (Lipinski definition) is 0. The van der Waals surface area contributed by atoms with Gasteiger partial charge in [-0.1, -0.05) is 28.1 Å². The Morgan fingerprint density at radius 2 is 2.05 bits per heavy atom. The van der Waals surface area contributed by atoms with Gasteiger partial charge in [0, 0.05) is 16.8 Å². The molecule has 0 aromatic heterocycles. The molecule has 1 aliphatic carbocycles. The molecule has 6 heteroatoms. The minimum absolute atomic E-state index is 0.101. The van der Waals surface area contributed by atoms with Crippen LogP contribution in [0.15, 0.2) is 40.5 Å². The Balaban J connectivity index is 2.35. The summed E-state index contributed by atoms with van der Waals surface area (Å²) in [7, 11) is 1.39. The molecule has 0 spiro atoms. The molecule has 0 heterocycles. The predicted octanol–water partition coefficient (Wildman–Crippen LogP) is 4.06. The molecule has 22 heavy (non-hydrogen) atoms. The third-order valence-corrected chi connectivity index (χ3v) is 4.61. The summed E-state index contributed by atoms with van der Waals surface area (Å²) in [5.74, 6) is -0.614. The maximum absolute atomic E-state index is 12.1. The Kier molecular flexibility index (Phi) is 5.71. The van der Waals surface area contributed by atoms with Crippen molar-refractivity contribution in [3.63, 3.8) is 0 Å². The Morgan fingerprint density at radius 3 is 2.64 bits per heavy atom. The van der Waals surface area contributed by atoms with Crippen molar-refractivity contribution >= 4 is 21.9 Å². The van der Waals surface area contributed by atoms with Gasteiger partial charge in [0.2, 0.25) is 5.70 Å². The molecular weight excluding hydrogens is 350 g/mol. The molecule has 5 nitrogen and oxygen atoms in total. The Morgan fingerprint density at radius 1 is 1.36 bits per heavy atom. The first-order valence-corrected chi connectivity index (χ1v) is 7.99. The molecule has 0 saturated carbocycles. The van der Waals surface area contributed by atoms with Crippen molar-refractivity contribution in [3.8, 4) is 0 Å². The number of nitro groups is 1. The van der Waals surface area contributed by atoms with Crippen LogP contribution in [-0.4, -0.2) is 18.0 Å². The van der Waals surface area contributed by atoms with E-state index < -0.39 is 0 Å². The average Bonchev–Trinajstić information content (AvgIpc) is 2.47. The maximum atomic E-state index is 12.1. The van der Waals surface area contributed by atoms with E-state index in [1.807, 2.05) is 24.3 Å². The van der Waals surface area contributed by atoms with Gasteiger partial charge in [-0.2, -0.15) is 0 Å². The van der Waals surface area contributed by atoms with Crippen molar-refractivity contribution in [1.82, 2.24) is 0 Å². The molecule has 0 saturated heterocycles. The van der Waals surface area contributed by atoms with E-state index in [9.17, 15) is 14.9 Å². The highest BCUT2D eigenvalue weighted by atomic mass is 79.9. The number of hydrogen-bond acceptors (Lipinski definition) is 4. The SMILES string of the molecule is COC(=O)[C@@H]1CCC/C([N+](=O)[O-])=C\C[C@H]1c1ccc(Br)cc1. The smallest absolute Gasteiger partial charge is 0.309 e. The standard InChI is InChI=1S/C16H18BrNO4/c1-22-16(19)15-4-2-3-13(18(20)21)9-10-14(15)11-5-7-12(17)8-6-11/h5-9,14-15H,2-4,10H2,1H3/b13-9+/t14-,15+/m0/s1. The summed E-state index contributed by atoms with van der Waals surface area (Å²) in [4.78, 5) is 22.8. The molecule has 0 aliphatic heterocycles. The fourth-order valence-electron chi connectivity index (χ4n) is 2.91. The van der Waals surface area contributed by atoms with Crippen LogP contribution in [0, 0.1) is 16.0 Å². The first-order chi connectivity index (χ1) is 10.5. The number of benzene rings is 1. The van der Waals surface area contributed by atoms with Gasteiger partial charge in [0.1, 0.15) is 0 Å². The van der Waals surface area contributed by atoms with Crippen molar-refractivity contribution < 1.29 is 14.5 Å². The van der Waals surface area contributed by atoms with Gasteiger partial charge in [0.15, 0.2) is 0 Å². The molecule has 0 amide bonds. The van der Waals surface area contributed by atoms with Crippen LogP contribution in [0.3, 0.4) is 0 Å². The van der Waals surface area contributed by atoms with Crippen LogP contribution >= 0.6 is 15.9 Å². The Labute approximate surface area is 137 Å². The second-order valence-electron chi connectivity index (χ2n) is 5.37. The first-order valence-electron chi connectivity index (χ1n) is 7.19. The third kappa shape index (κ3) is 3.94. The van der Waals surface area contributed by atoms with E-state index in [1.165, 1.54) is 7.11 Å². The molecule has 1 aromatic rings. The fourth-order valence-corrected chi connectivity index (χ4v) is 3.18. The Bertz CT molecular complexity index is 582. The van der Waals surface area contributed by atoms with Crippen LogP contribution in [0.1, 0.15) is 37.2 Å². The van der Waals surface area contributed by atoms with Crippen molar-refractivity contribution in [1.29, 1.82) is 0 Å². The average molecular weight is 368 g/mol. The second-order valence-corrected chi connectivity index (χ2v) is 6.28. The lowest BCUT2D eigenvalue weighted by Crippen LogP contribution is -2.25. The number of allylic oxidation sites excluding steroid dienone is 2. The quantitative estimate of drug-likeness (QED) is 0.458. The van der Waals surface area contributed by atoms with Gasteiger partial charge < -0.3 is 4.74 Å². The highest BCUT2D eigenvalue weighted by Gasteiger charge is 2.32. The van der Waals surface area contributed by atoms with Gasteiger partial charge in [-0.3, -0.25) is 14.9 Å². The minimum atomic E-state index is -0.322. The van der Waals surface area contributed by atoms with E-state index in [0.717, 1.165) is 10.0 Å². The van der Waals surface area contributed by atoms with E-state index in [0.29, 0.717) is 25.7 Å². The highest BCUT2D eigenvalue weighted by molar-refractivity contribution is 9.10. The summed E-state index contributed by atoms with van der Waals surface area (Å²) in [6.07, 6.45) is 3.73. The van der Waals surface area contributed by atoms with E-state index in [2.05, 4.69) is 15.9 Å². The zero-order chi connectivity index (χ0) is 16.1. The monoisotopic (exact) mass is 367 g/mol. The molecule has 2 atom stereocenters. The zero-order valence-electron chi connectivity index (χ0n) is 12.3. The van der Waals surface area contributed by atoms with E-state index >= 15 is 0 Å². The van der Waals surface area contributed by atoms with Gasteiger partial charge in [-0.15, -0.1) is 0 Å². The predicted molar refractivity (Wildman–Crippen MR) is 85.9 cm³/mol. The number of nitrogens with zero attached hydrogens (tertiary/aromatic N) is 1. The van der Waals surface area contributed by atoms with E-state index in [4.69, 9.17) is 4.74 Å². The topological polar surface area (TPSA) is 69.4 Å². The summed E-state index contributed by atoms with van der Waals surface area (Å²) in [5.41, 5.74) is 1.24. The number of esters is 1. The minimum Gasteiger partial charge on any atom is -0.469 e. The largest absolute Gasteiger partial charge is 0.469 e. The zero-order valence-corrected chi connectivity index (χ0v) is 13.9. The molecule has 118 valence electrons. The second kappa shape index (κ2) is 7.54. The summed E-state index contributed by atoms with van der Waals surface area (Å²) in [6.45, 7) is 0. The molecule has 0 N–H and O–H groups in total. The van der Waals surface area contributed by atoms with E-state index in [1.54, 1.807) is 6.08 Å². The lowest BCUT2D eigenvalue weighted by Gasteiger charge is -2.26. The van der Waals surface area contributed by atoms with Crippen LogP contribution in [0.25, 0.3) is 0 Å². The van der Waals surface area contributed by atoms with Gasteiger partial charge in [0.25, 0.3) is 0 Å². The van der Waals surface area contributed by atoms with Crippen molar-refractivity contribution in [3.05, 3.63) is 56.2 Å². The molecule has 1 aromatic carbocycles. The highest BCUT2D eigenvalue weighted by Crippen LogP contribution is 2.36. The molecule has 0 bridgehead atoms. The number of carbonyl (C=O) groups excluding carboxylic acids is 1. The summed E-state index contributed by atoms with van der Waals surface area (Å²) in [5, 5.41) is 11.0. The molecule has 0 fully saturated rings. The summed E-state index contributed by atoms with van der Waals surface area (Å²) >= 11 is 3.39. The van der Waals surface area contributed by atoms with E-state index in [-0.39, 0.29) is 28.4 Å². The third-order valence-electron chi connectivity index (χ3n) is 4.08. The van der Waals surface area contributed by atoms with Gasteiger partial charge in [-0.25, -0.2) is 0 Å². The van der Waals surface area contributed by atoms with Gasteiger partial charge >= 0.3 is 5.97 Å². The van der Waals surface area contributed by atoms with Crippen LogP contribution in [-0.2, 0) is 9.53 Å². The summed E-state index contributed by atoms with van der Waals surface area (Å²) < 4.78 is 5.89. The number of halogens is 1. The fraction of sp³-hybridized carbons (Fsp3) is 0.438. The first kappa shape index (κ1) is 16.7. The molecule has 1 aliphatic rings. The van der Waals surface area contributed by atoms with Crippen LogP contribution < -0.4 is 0 Å². The molecule has 2 rings (SSSR count). The lowest BCUT2D eigenvalue weighted by molar-refractivity contribution is -0.428. The number of ether oxygens (including phenoxy) is 1. The van der Waals surface area contributed by atoms with Crippen molar-refractivity contribution in [2.24, 2.45) is 5.92 Å². The summed E-state index contributed by atoms with van der Waals surface area (Å²) in [6, 6.07) is 7.74. The van der Waals surface area contributed by atoms with Crippen LogP contribution in [0.4, 0.5) is 0 Å². The molecule has 0 unspecified atom stereocenters. The van der Waals surface area contributed by atoms with Gasteiger partial charge in [-0.05, 0) is 43.0 Å². The van der Waals surface area contributed by atoms with Crippen LogP contribution in [0.5, 0.6) is 0 Å². The number of methoxy groups -OCH3 is 1. The molecule has 0 radical (unpaired) electrons. The van der Waals surface area contributed by atoms with Gasteiger partial charge in [0.05, 0.1) is 18.0 Å². The van der Waals surface area contributed by atoms with Crippen LogP contribution in [0.2, 0.25) is 0 Å². The molecular formula is C16H18BrNO4. The number of rotatable bonds is 3. The Hall–Kier alpha value is -1.69. The van der Waals surface area contributed by atoms with Crippen molar-refractivity contribution in [2.45, 2.75) is 31.6 Å². The lowest BCUT2D eigenvalue weighted by atomic mass is 9.79. The number of carbonyl (C=O) groups is 1. The van der Waals surface area contributed by atoms with Crippen molar-refractivity contribution in [2.75, 3.05) is 7.11 Å². The normalized spacial score (nSPS) is 24.5. The maximum Gasteiger partial charge on any atom is 0.309 e.